The fraction of sp³-hybridized carbons (Fsp3) is 0.333. The third-order valence-corrected chi connectivity index (χ3v) is 3.51. The van der Waals surface area contributed by atoms with E-state index < -0.39 is 11.8 Å². The Morgan fingerprint density at radius 2 is 1.92 bits per heavy atom. The maximum atomic E-state index is 11.9. The number of carbonyl (C=O) groups excluding carboxylic acids is 2. The molecule has 0 amide bonds. The van der Waals surface area contributed by atoms with E-state index >= 15 is 0 Å². The van der Waals surface area contributed by atoms with Crippen molar-refractivity contribution in [3.05, 3.63) is 51.8 Å². The summed E-state index contributed by atoms with van der Waals surface area (Å²) in [5.41, 5.74) is 3.23. The summed E-state index contributed by atoms with van der Waals surface area (Å²) in [4.78, 5) is 35.2. The van der Waals surface area contributed by atoms with Crippen LogP contribution in [0.15, 0.2) is 35.1 Å². The molecule has 0 aliphatic heterocycles. The number of aryl methyl sites for hydroxylation is 2. The van der Waals surface area contributed by atoms with Gasteiger partial charge in [0, 0.05) is 11.6 Å². The lowest BCUT2D eigenvalue weighted by molar-refractivity contribution is -0.145. The number of hydrogen-bond donors (Lipinski definition) is 0. The second-order valence-electron chi connectivity index (χ2n) is 5.55. The Morgan fingerprint density at radius 1 is 1.17 bits per heavy atom. The number of aromatic nitrogens is 2. The number of rotatable bonds is 6. The molecule has 2 aromatic rings. The van der Waals surface area contributed by atoms with Crippen LogP contribution in [-0.4, -0.2) is 28.1 Å². The van der Waals surface area contributed by atoms with Crippen molar-refractivity contribution >= 4 is 11.8 Å². The van der Waals surface area contributed by atoms with Crippen molar-refractivity contribution in [3.8, 4) is 11.3 Å². The Hall–Kier alpha value is -2.76. The van der Waals surface area contributed by atoms with Crippen LogP contribution in [0.25, 0.3) is 11.3 Å². The monoisotopic (exact) mass is 328 g/mol. The molecule has 0 N–H and O–H groups in total. The van der Waals surface area contributed by atoms with Gasteiger partial charge in [0.2, 0.25) is 0 Å². The van der Waals surface area contributed by atoms with E-state index in [1.165, 1.54) is 6.07 Å². The van der Waals surface area contributed by atoms with Crippen molar-refractivity contribution in [1.29, 1.82) is 0 Å². The van der Waals surface area contributed by atoms with Crippen LogP contribution >= 0.6 is 0 Å². The van der Waals surface area contributed by atoms with Crippen LogP contribution in [0, 0.1) is 13.8 Å². The van der Waals surface area contributed by atoms with Crippen LogP contribution in [0.3, 0.4) is 0 Å². The summed E-state index contributed by atoms with van der Waals surface area (Å²) in [7, 11) is 0. The number of ketones is 1. The topological polar surface area (TPSA) is 78.3 Å². The average Bonchev–Trinajstić information content (AvgIpc) is 2.52. The van der Waals surface area contributed by atoms with Gasteiger partial charge >= 0.3 is 5.97 Å². The van der Waals surface area contributed by atoms with Crippen molar-refractivity contribution < 1.29 is 14.3 Å². The van der Waals surface area contributed by atoms with Gasteiger partial charge in [-0.1, -0.05) is 17.7 Å². The van der Waals surface area contributed by atoms with Crippen LogP contribution in [0.4, 0.5) is 0 Å². The molecule has 126 valence electrons. The number of Topliss-reactive ketones (excluding diaryl/α,β-unsaturated/α-hetero) is 1. The molecule has 1 aromatic carbocycles. The summed E-state index contributed by atoms with van der Waals surface area (Å²) >= 11 is 0. The van der Waals surface area contributed by atoms with E-state index in [9.17, 15) is 14.4 Å². The summed E-state index contributed by atoms with van der Waals surface area (Å²) in [5.74, 6) is -1.01. The molecular formula is C18H20N2O4. The average molecular weight is 328 g/mol. The van der Waals surface area contributed by atoms with Crippen molar-refractivity contribution in [2.45, 2.75) is 33.7 Å². The predicted octanol–water partition coefficient (Wildman–Crippen LogP) is 2.05. The molecule has 0 unspecified atom stereocenters. The second kappa shape index (κ2) is 7.68. The van der Waals surface area contributed by atoms with E-state index in [0.717, 1.165) is 21.4 Å². The van der Waals surface area contributed by atoms with Gasteiger partial charge in [-0.3, -0.25) is 14.4 Å². The first kappa shape index (κ1) is 17.6. The van der Waals surface area contributed by atoms with Crippen LogP contribution in [0.5, 0.6) is 0 Å². The lowest BCUT2D eigenvalue weighted by Gasteiger charge is -2.09. The Labute approximate surface area is 140 Å². The molecule has 0 saturated heterocycles. The molecule has 0 saturated carbocycles. The van der Waals surface area contributed by atoms with Gasteiger partial charge in [0.15, 0.2) is 5.78 Å². The standard InChI is InChI=1S/C18H20N2O4/c1-4-24-18(23)10-14(21)11-20-17(22)8-7-16(19-20)15-9-12(2)5-6-13(15)3/h5-9H,4,10-11H2,1-3H3. The number of esters is 1. The van der Waals surface area contributed by atoms with Gasteiger partial charge < -0.3 is 4.74 Å². The zero-order chi connectivity index (χ0) is 17.7. The first-order valence-corrected chi connectivity index (χ1v) is 7.74. The lowest BCUT2D eigenvalue weighted by Crippen LogP contribution is -2.27. The molecule has 0 bridgehead atoms. The van der Waals surface area contributed by atoms with Crippen molar-refractivity contribution in [3.63, 3.8) is 0 Å². The zero-order valence-electron chi connectivity index (χ0n) is 14.0. The molecule has 1 aromatic heterocycles. The highest BCUT2D eigenvalue weighted by Gasteiger charge is 2.13. The summed E-state index contributed by atoms with van der Waals surface area (Å²) < 4.78 is 5.82. The quantitative estimate of drug-likeness (QED) is 0.599. The van der Waals surface area contributed by atoms with E-state index in [-0.39, 0.29) is 25.1 Å². The summed E-state index contributed by atoms with van der Waals surface area (Å²) in [6, 6.07) is 8.97. The smallest absolute Gasteiger partial charge is 0.313 e. The lowest BCUT2D eigenvalue weighted by atomic mass is 10.0. The van der Waals surface area contributed by atoms with E-state index in [2.05, 4.69) is 5.10 Å². The van der Waals surface area contributed by atoms with Gasteiger partial charge in [-0.2, -0.15) is 5.10 Å². The van der Waals surface area contributed by atoms with Gasteiger partial charge in [0.25, 0.3) is 5.56 Å². The molecule has 2 rings (SSSR count). The van der Waals surface area contributed by atoms with Gasteiger partial charge in [0.1, 0.15) is 13.0 Å². The summed E-state index contributed by atoms with van der Waals surface area (Å²) in [5, 5.41) is 4.27. The third-order valence-electron chi connectivity index (χ3n) is 3.51. The highest BCUT2D eigenvalue weighted by molar-refractivity contribution is 5.95. The van der Waals surface area contributed by atoms with E-state index in [1.807, 2.05) is 32.0 Å². The first-order valence-electron chi connectivity index (χ1n) is 7.74. The number of carbonyl (C=O) groups is 2. The number of ether oxygens (including phenoxy) is 1. The molecule has 0 radical (unpaired) electrons. The predicted molar refractivity (Wildman–Crippen MR) is 89.7 cm³/mol. The van der Waals surface area contributed by atoms with Crippen LogP contribution in [-0.2, 0) is 20.9 Å². The molecule has 0 atom stereocenters. The second-order valence-corrected chi connectivity index (χ2v) is 5.55. The van der Waals surface area contributed by atoms with Crippen molar-refractivity contribution in [1.82, 2.24) is 9.78 Å². The van der Waals surface area contributed by atoms with Crippen LogP contribution < -0.4 is 5.56 Å². The van der Waals surface area contributed by atoms with Crippen LogP contribution in [0.2, 0.25) is 0 Å². The molecular weight excluding hydrogens is 308 g/mol. The Balaban J connectivity index is 2.26. The van der Waals surface area contributed by atoms with E-state index in [4.69, 9.17) is 4.74 Å². The Kier molecular flexibility index (Phi) is 5.63. The molecule has 1 heterocycles. The highest BCUT2D eigenvalue weighted by atomic mass is 16.5. The summed E-state index contributed by atoms with van der Waals surface area (Å²) in [6.45, 7) is 5.56. The van der Waals surface area contributed by atoms with Crippen molar-refractivity contribution in [2.75, 3.05) is 6.61 Å². The minimum Gasteiger partial charge on any atom is -0.466 e. The molecule has 0 fully saturated rings. The largest absolute Gasteiger partial charge is 0.466 e. The Morgan fingerprint density at radius 3 is 2.62 bits per heavy atom. The van der Waals surface area contributed by atoms with Gasteiger partial charge in [-0.15, -0.1) is 0 Å². The fourth-order valence-electron chi connectivity index (χ4n) is 2.31. The Bertz CT molecular complexity index is 824. The molecule has 6 heteroatoms. The van der Waals surface area contributed by atoms with Crippen LogP contribution in [0.1, 0.15) is 24.5 Å². The normalized spacial score (nSPS) is 10.5. The fourth-order valence-corrected chi connectivity index (χ4v) is 2.31. The van der Waals surface area contributed by atoms with Gasteiger partial charge in [-0.05, 0) is 38.5 Å². The molecule has 0 spiro atoms. The molecule has 0 aliphatic carbocycles. The minimum atomic E-state index is -0.596. The molecule has 0 aliphatic rings. The van der Waals surface area contributed by atoms with Gasteiger partial charge in [0.05, 0.1) is 12.3 Å². The highest BCUT2D eigenvalue weighted by Crippen LogP contribution is 2.21. The SMILES string of the molecule is CCOC(=O)CC(=O)Cn1nc(-c2cc(C)ccc2C)ccc1=O. The number of nitrogens with zero attached hydrogens (tertiary/aromatic N) is 2. The van der Waals surface area contributed by atoms with E-state index in [1.54, 1.807) is 13.0 Å². The molecule has 24 heavy (non-hydrogen) atoms. The number of hydrogen-bond acceptors (Lipinski definition) is 5. The van der Waals surface area contributed by atoms with Gasteiger partial charge in [-0.25, -0.2) is 4.68 Å². The first-order chi connectivity index (χ1) is 11.4. The maximum absolute atomic E-state index is 11.9. The maximum Gasteiger partial charge on any atom is 0.313 e. The molecule has 6 nitrogen and oxygen atoms in total. The van der Waals surface area contributed by atoms with Crippen molar-refractivity contribution in [2.24, 2.45) is 0 Å². The van der Waals surface area contributed by atoms with E-state index in [0.29, 0.717) is 5.69 Å². The number of benzene rings is 1. The minimum absolute atomic E-state index is 0.215. The third kappa shape index (κ3) is 4.38. The summed E-state index contributed by atoms with van der Waals surface area (Å²) in [6.07, 6.45) is -0.365. The zero-order valence-corrected chi connectivity index (χ0v) is 14.0.